The number of benzene rings is 1. The van der Waals surface area contributed by atoms with Crippen LogP contribution in [0.25, 0.3) is 10.2 Å². The van der Waals surface area contributed by atoms with E-state index in [9.17, 15) is 9.18 Å². The van der Waals surface area contributed by atoms with Crippen LogP contribution in [0.1, 0.15) is 20.8 Å². The first kappa shape index (κ1) is 17.0. The summed E-state index contributed by atoms with van der Waals surface area (Å²) < 4.78 is 19.3. The summed E-state index contributed by atoms with van der Waals surface area (Å²) in [7, 11) is 1.47. The molecule has 0 bridgehead atoms. The molecule has 1 unspecified atom stereocenters. The average Bonchev–Trinajstić information content (AvgIpc) is 2.85. The van der Waals surface area contributed by atoms with Crippen LogP contribution in [0.4, 0.5) is 9.52 Å². The van der Waals surface area contributed by atoms with Gasteiger partial charge in [-0.15, -0.1) is 11.8 Å². The summed E-state index contributed by atoms with van der Waals surface area (Å²) in [5.74, 6) is 1.02. The van der Waals surface area contributed by atoms with E-state index in [0.29, 0.717) is 21.1 Å². The van der Waals surface area contributed by atoms with Gasteiger partial charge in [-0.1, -0.05) is 32.1 Å². The molecular formula is C15H19FN2O2S2. The smallest absolute Gasteiger partial charge is 0.239 e. The van der Waals surface area contributed by atoms with Crippen molar-refractivity contribution in [2.45, 2.75) is 26.0 Å². The lowest BCUT2D eigenvalue weighted by Crippen LogP contribution is -2.29. The average molecular weight is 342 g/mol. The van der Waals surface area contributed by atoms with E-state index in [4.69, 9.17) is 4.74 Å². The van der Waals surface area contributed by atoms with Crippen molar-refractivity contribution in [1.29, 1.82) is 0 Å². The molecular weight excluding hydrogens is 323 g/mol. The van der Waals surface area contributed by atoms with E-state index in [-0.39, 0.29) is 22.9 Å². The number of thiazole rings is 1. The van der Waals surface area contributed by atoms with Crippen molar-refractivity contribution in [3.63, 3.8) is 0 Å². The van der Waals surface area contributed by atoms with Crippen LogP contribution in [0.15, 0.2) is 12.1 Å². The maximum atomic E-state index is 13.5. The van der Waals surface area contributed by atoms with Gasteiger partial charge in [-0.05, 0) is 17.7 Å². The summed E-state index contributed by atoms with van der Waals surface area (Å²) in [6, 6.07) is 2.68. The number of rotatable bonds is 6. The molecule has 0 saturated carbocycles. The highest BCUT2D eigenvalue weighted by atomic mass is 32.2. The van der Waals surface area contributed by atoms with Crippen LogP contribution in [-0.4, -0.2) is 29.0 Å². The van der Waals surface area contributed by atoms with Gasteiger partial charge in [0.2, 0.25) is 5.91 Å². The van der Waals surface area contributed by atoms with Gasteiger partial charge in [0.1, 0.15) is 17.1 Å². The monoisotopic (exact) mass is 342 g/mol. The number of hydrogen-bond donors (Lipinski definition) is 1. The maximum Gasteiger partial charge on any atom is 0.239 e. The summed E-state index contributed by atoms with van der Waals surface area (Å²) >= 11 is 2.85. The molecule has 0 saturated heterocycles. The zero-order valence-electron chi connectivity index (χ0n) is 13.0. The van der Waals surface area contributed by atoms with Crippen molar-refractivity contribution in [1.82, 2.24) is 4.98 Å². The third kappa shape index (κ3) is 3.70. The molecule has 1 N–H and O–H groups in total. The Bertz CT molecular complexity index is 673. The number of aromatic nitrogens is 1. The number of methoxy groups -OCH3 is 1. The maximum absolute atomic E-state index is 13.5. The largest absolute Gasteiger partial charge is 0.494 e. The molecule has 1 heterocycles. The molecule has 0 aliphatic rings. The van der Waals surface area contributed by atoms with Gasteiger partial charge in [0.25, 0.3) is 0 Å². The number of amides is 1. The van der Waals surface area contributed by atoms with E-state index in [1.54, 1.807) is 11.8 Å². The first-order chi connectivity index (χ1) is 10.5. The van der Waals surface area contributed by atoms with Crippen molar-refractivity contribution in [2.24, 2.45) is 5.92 Å². The second-order valence-corrected chi connectivity index (χ2v) is 7.53. The third-order valence-electron chi connectivity index (χ3n) is 3.08. The summed E-state index contributed by atoms with van der Waals surface area (Å²) in [4.78, 5) is 16.7. The van der Waals surface area contributed by atoms with Gasteiger partial charge >= 0.3 is 0 Å². The molecule has 2 aromatic rings. The second kappa shape index (κ2) is 7.28. The summed E-state index contributed by atoms with van der Waals surface area (Å²) in [5, 5.41) is 3.17. The summed E-state index contributed by atoms with van der Waals surface area (Å²) in [6.07, 6.45) is 0. The van der Waals surface area contributed by atoms with Gasteiger partial charge in [0, 0.05) is 6.07 Å². The zero-order chi connectivity index (χ0) is 16.3. The van der Waals surface area contributed by atoms with Gasteiger partial charge in [0.05, 0.1) is 17.1 Å². The van der Waals surface area contributed by atoms with Crippen LogP contribution in [-0.2, 0) is 4.79 Å². The van der Waals surface area contributed by atoms with Crippen LogP contribution in [0.3, 0.4) is 0 Å². The normalized spacial score (nSPS) is 12.6. The van der Waals surface area contributed by atoms with E-state index in [0.717, 1.165) is 5.75 Å². The summed E-state index contributed by atoms with van der Waals surface area (Å²) in [6.45, 7) is 6.06. The van der Waals surface area contributed by atoms with E-state index in [1.807, 2.05) is 20.8 Å². The number of carbonyl (C=O) groups is 1. The Hall–Kier alpha value is -1.34. The minimum absolute atomic E-state index is 0.0691. The fourth-order valence-electron chi connectivity index (χ4n) is 2.10. The molecule has 0 spiro atoms. The first-order valence-corrected chi connectivity index (χ1v) is 8.89. The lowest BCUT2D eigenvalue weighted by Gasteiger charge is -2.18. The van der Waals surface area contributed by atoms with Crippen LogP contribution < -0.4 is 10.1 Å². The quantitative estimate of drug-likeness (QED) is 0.856. The van der Waals surface area contributed by atoms with Crippen molar-refractivity contribution in [2.75, 3.05) is 18.2 Å². The predicted molar refractivity (Wildman–Crippen MR) is 91.5 cm³/mol. The highest BCUT2D eigenvalue weighted by Crippen LogP contribution is 2.33. The zero-order valence-corrected chi connectivity index (χ0v) is 14.6. The van der Waals surface area contributed by atoms with Gasteiger partial charge in [-0.2, -0.15) is 0 Å². The number of hydrogen-bond acceptors (Lipinski definition) is 5. The van der Waals surface area contributed by atoms with E-state index < -0.39 is 0 Å². The first-order valence-electron chi connectivity index (χ1n) is 7.02. The molecule has 2 rings (SSSR count). The Kier molecular flexibility index (Phi) is 5.63. The number of halogens is 1. The Labute approximate surface area is 137 Å². The SMILES string of the molecule is CCSC(C(=O)Nc1nc2c(OC)cc(F)cc2s1)C(C)C. The molecule has 120 valence electrons. The van der Waals surface area contributed by atoms with Crippen molar-refractivity contribution >= 4 is 44.4 Å². The Morgan fingerprint density at radius 2 is 2.23 bits per heavy atom. The van der Waals surface area contributed by atoms with Crippen LogP contribution in [0.2, 0.25) is 0 Å². The van der Waals surface area contributed by atoms with Gasteiger partial charge in [-0.3, -0.25) is 4.79 Å². The minimum Gasteiger partial charge on any atom is -0.494 e. The predicted octanol–water partition coefficient (Wildman–Crippen LogP) is 4.16. The molecule has 4 nitrogen and oxygen atoms in total. The highest BCUT2D eigenvalue weighted by Gasteiger charge is 2.23. The van der Waals surface area contributed by atoms with Crippen molar-refractivity contribution in [3.8, 4) is 5.75 Å². The minimum atomic E-state index is -0.382. The number of carbonyl (C=O) groups excluding carboxylic acids is 1. The van der Waals surface area contributed by atoms with E-state index >= 15 is 0 Å². The fourth-order valence-corrected chi connectivity index (χ4v) is 3.97. The van der Waals surface area contributed by atoms with Crippen molar-refractivity contribution in [3.05, 3.63) is 17.9 Å². The number of anilines is 1. The lowest BCUT2D eigenvalue weighted by atomic mass is 10.1. The molecule has 0 aliphatic heterocycles. The standard InChI is InChI=1S/C15H19FN2O2S2/c1-5-21-13(8(2)3)14(19)18-15-17-12-10(20-4)6-9(16)7-11(12)22-15/h6-8,13H,5H2,1-4H3,(H,17,18,19). The number of ether oxygens (including phenoxy) is 1. The van der Waals surface area contributed by atoms with Crippen LogP contribution >= 0.6 is 23.1 Å². The molecule has 1 aromatic heterocycles. The molecule has 1 amide bonds. The number of nitrogens with zero attached hydrogens (tertiary/aromatic N) is 1. The van der Waals surface area contributed by atoms with Crippen LogP contribution in [0.5, 0.6) is 5.75 Å². The van der Waals surface area contributed by atoms with E-state index in [1.165, 1.54) is 30.6 Å². The summed E-state index contributed by atoms with van der Waals surface area (Å²) in [5.41, 5.74) is 0.563. The number of fused-ring (bicyclic) bond motifs is 1. The topological polar surface area (TPSA) is 51.2 Å². The molecule has 7 heteroatoms. The molecule has 0 radical (unpaired) electrons. The molecule has 1 aromatic carbocycles. The van der Waals surface area contributed by atoms with Gasteiger partial charge in [-0.25, -0.2) is 9.37 Å². The fraction of sp³-hybridized carbons (Fsp3) is 0.467. The number of nitrogens with one attached hydrogen (secondary N) is 1. The van der Waals surface area contributed by atoms with E-state index in [2.05, 4.69) is 10.3 Å². The van der Waals surface area contributed by atoms with Gasteiger partial charge < -0.3 is 10.1 Å². The van der Waals surface area contributed by atoms with Crippen LogP contribution in [0, 0.1) is 11.7 Å². The number of thioether (sulfide) groups is 1. The Morgan fingerprint density at radius 3 is 2.82 bits per heavy atom. The molecule has 0 fully saturated rings. The highest BCUT2D eigenvalue weighted by molar-refractivity contribution is 8.00. The molecule has 1 atom stereocenters. The second-order valence-electron chi connectivity index (χ2n) is 5.08. The lowest BCUT2D eigenvalue weighted by molar-refractivity contribution is -0.116. The Morgan fingerprint density at radius 1 is 1.50 bits per heavy atom. The third-order valence-corrected chi connectivity index (χ3v) is 5.45. The Balaban J connectivity index is 2.26. The molecule has 0 aliphatic carbocycles. The van der Waals surface area contributed by atoms with Gasteiger partial charge in [0.15, 0.2) is 5.13 Å². The molecule has 22 heavy (non-hydrogen) atoms. The van der Waals surface area contributed by atoms with Crippen molar-refractivity contribution < 1.29 is 13.9 Å².